The maximum Gasteiger partial charge on any atom is 0.213 e. The second-order valence-corrected chi connectivity index (χ2v) is 3.90. The van der Waals surface area contributed by atoms with E-state index in [0.29, 0.717) is 0 Å². The van der Waals surface area contributed by atoms with Gasteiger partial charge in [0.05, 0.1) is 22.1 Å². The molecule has 3 nitrogen and oxygen atoms in total. The summed E-state index contributed by atoms with van der Waals surface area (Å²) in [7, 11) is 0. The Balaban J connectivity index is 0.000000902. The molecule has 4 rings (SSSR count). The summed E-state index contributed by atoms with van der Waals surface area (Å²) in [5.74, 6) is 0.905. The summed E-state index contributed by atoms with van der Waals surface area (Å²) in [5.41, 5.74) is 4.47. The summed E-state index contributed by atoms with van der Waals surface area (Å²) in [6.07, 6.45) is 0. The minimum atomic E-state index is 0. The zero-order valence-electron chi connectivity index (χ0n) is 8.87. The van der Waals surface area contributed by atoms with Crippen molar-refractivity contribution in [2.75, 3.05) is 0 Å². The molecule has 0 unspecified atom stereocenters. The Morgan fingerprint density at radius 2 is 1.59 bits per heavy atom. The van der Waals surface area contributed by atoms with Gasteiger partial charge in [0, 0.05) is 37.7 Å². The van der Waals surface area contributed by atoms with E-state index in [2.05, 4.69) is 32.6 Å². The van der Waals surface area contributed by atoms with Gasteiger partial charge in [-0.3, -0.25) is 4.40 Å². The molecular formula is C13H9ArN3. The molecule has 2 heterocycles. The van der Waals surface area contributed by atoms with Gasteiger partial charge in [-0.05, 0) is 24.3 Å². The standard InChI is InChI=1S/C13H9N3.Ar/c1-3-7-11-9(5-1)14-13-15-10-6-2-4-8-12(10)16(11)13;/h1-8H,(H,14,15);. The summed E-state index contributed by atoms with van der Waals surface area (Å²) in [4.78, 5) is 7.88. The SMILES string of the molecule is [Ar].c1ccc2c(c1)nc1[nH]c3ccccc3n12. The molecule has 0 radical (unpaired) electrons. The molecule has 2 aromatic carbocycles. The van der Waals surface area contributed by atoms with Gasteiger partial charge in [-0.25, -0.2) is 4.98 Å². The van der Waals surface area contributed by atoms with Gasteiger partial charge in [-0.1, -0.05) is 24.3 Å². The average Bonchev–Trinajstić information content (AvgIpc) is 2.83. The van der Waals surface area contributed by atoms with Gasteiger partial charge in [0.1, 0.15) is 0 Å². The number of fused-ring (bicyclic) bond motifs is 5. The first kappa shape index (κ1) is 11.1. The van der Waals surface area contributed by atoms with Gasteiger partial charge in [0.2, 0.25) is 5.78 Å². The molecule has 0 aliphatic carbocycles. The zero-order chi connectivity index (χ0) is 10.5. The average molecular weight is 247 g/mol. The van der Waals surface area contributed by atoms with Gasteiger partial charge in [0.15, 0.2) is 0 Å². The number of rotatable bonds is 0. The molecule has 84 valence electrons. The quantitative estimate of drug-likeness (QED) is 0.509. The van der Waals surface area contributed by atoms with Crippen LogP contribution in [0.25, 0.3) is 27.8 Å². The monoisotopic (exact) mass is 247 g/mol. The van der Waals surface area contributed by atoms with Crippen molar-refractivity contribution in [2.45, 2.75) is 0 Å². The van der Waals surface area contributed by atoms with E-state index in [9.17, 15) is 0 Å². The number of nitrogens with zero attached hydrogens (tertiary/aromatic N) is 2. The molecule has 0 saturated carbocycles. The number of H-pyrrole nitrogens is 1. The number of hydrogen-bond acceptors (Lipinski definition) is 1. The summed E-state index contributed by atoms with van der Waals surface area (Å²) in [6, 6.07) is 16.4. The fourth-order valence-corrected chi connectivity index (χ4v) is 2.25. The number of hydrogen-bond donors (Lipinski definition) is 1. The second-order valence-electron chi connectivity index (χ2n) is 3.90. The van der Waals surface area contributed by atoms with Crippen molar-refractivity contribution in [3.8, 4) is 0 Å². The summed E-state index contributed by atoms with van der Waals surface area (Å²) in [6.45, 7) is 0. The second kappa shape index (κ2) is 4.02. The molecule has 0 fully saturated rings. The van der Waals surface area contributed by atoms with Gasteiger partial charge >= 0.3 is 0 Å². The van der Waals surface area contributed by atoms with Gasteiger partial charge in [-0.2, -0.15) is 0 Å². The maximum absolute atomic E-state index is 4.56. The van der Waals surface area contributed by atoms with Crippen LogP contribution in [-0.4, -0.2) is 14.4 Å². The normalized spacial score (nSPS) is 11.1. The predicted molar refractivity (Wildman–Crippen MR) is 64.6 cm³/mol. The van der Waals surface area contributed by atoms with Crippen LogP contribution in [0.15, 0.2) is 48.5 Å². The van der Waals surface area contributed by atoms with Gasteiger partial charge in [-0.15, -0.1) is 0 Å². The number of aromatic amines is 1. The third-order valence-electron chi connectivity index (χ3n) is 2.95. The molecule has 4 heteroatoms. The molecule has 0 amide bonds. The molecule has 0 bridgehead atoms. The topological polar surface area (TPSA) is 33.1 Å². The largest absolute Gasteiger partial charge is 0.323 e. The van der Waals surface area contributed by atoms with Crippen LogP contribution in [0.4, 0.5) is 0 Å². The Morgan fingerprint density at radius 3 is 2.47 bits per heavy atom. The van der Waals surface area contributed by atoms with E-state index in [-0.39, 0.29) is 37.7 Å². The maximum atomic E-state index is 4.56. The molecule has 1 N–H and O–H groups in total. The third-order valence-corrected chi connectivity index (χ3v) is 2.95. The van der Waals surface area contributed by atoms with Crippen LogP contribution >= 0.6 is 0 Å². The van der Waals surface area contributed by atoms with Crippen LogP contribution in [0.2, 0.25) is 0 Å². The van der Waals surface area contributed by atoms with Crippen LogP contribution in [0.3, 0.4) is 0 Å². The Bertz CT molecular complexity index is 748. The molecule has 0 saturated heterocycles. The van der Waals surface area contributed by atoms with E-state index in [1.165, 1.54) is 5.52 Å². The first-order valence-corrected chi connectivity index (χ1v) is 5.27. The number of imidazole rings is 2. The molecule has 0 aliphatic heterocycles. The van der Waals surface area contributed by atoms with Crippen molar-refractivity contribution in [3.05, 3.63) is 48.5 Å². The Kier molecular flexibility index (Phi) is 2.62. The Hall–Kier alpha value is -1.03. The molecule has 0 atom stereocenters. The number of benzene rings is 2. The fraction of sp³-hybridized carbons (Fsp3) is 0. The Morgan fingerprint density at radius 1 is 0.882 bits per heavy atom. The molecule has 0 aliphatic rings. The van der Waals surface area contributed by atoms with E-state index >= 15 is 0 Å². The van der Waals surface area contributed by atoms with Gasteiger partial charge < -0.3 is 4.98 Å². The number of para-hydroxylation sites is 4. The predicted octanol–water partition coefficient (Wildman–Crippen LogP) is 2.97. The number of aromatic nitrogens is 3. The molecular weight excluding hydrogens is 238 g/mol. The van der Waals surface area contributed by atoms with Crippen LogP contribution in [0, 0.1) is 37.7 Å². The fourth-order valence-electron chi connectivity index (χ4n) is 2.25. The minimum Gasteiger partial charge on any atom is -0.323 e. The number of nitrogens with one attached hydrogen (secondary N) is 1. The van der Waals surface area contributed by atoms with Crippen molar-refractivity contribution in [3.63, 3.8) is 0 Å². The first-order valence-electron chi connectivity index (χ1n) is 5.27. The van der Waals surface area contributed by atoms with Crippen LogP contribution in [-0.2, 0) is 0 Å². The summed E-state index contributed by atoms with van der Waals surface area (Å²) < 4.78 is 2.16. The summed E-state index contributed by atoms with van der Waals surface area (Å²) >= 11 is 0. The van der Waals surface area contributed by atoms with Crippen LogP contribution in [0.5, 0.6) is 0 Å². The van der Waals surface area contributed by atoms with Crippen molar-refractivity contribution < 1.29 is 37.7 Å². The first-order chi connectivity index (χ1) is 7.93. The molecule has 0 spiro atoms. The van der Waals surface area contributed by atoms with Crippen LogP contribution in [0.1, 0.15) is 0 Å². The molecule has 17 heavy (non-hydrogen) atoms. The summed E-state index contributed by atoms with van der Waals surface area (Å²) in [5, 5.41) is 0. The van der Waals surface area contributed by atoms with Crippen LogP contribution < -0.4 is 0 Å². The van der Waals surface area contributed by atoms with E-state index in [1.54, 1.807) is 0 Å². The van der Waals surface area contributed by atoms with Crippen molar-refractivity contribution in [1.82, 2.24) is 14.4 Å². The smallest absolute Gasteiger partial charge is 0.213 e. The molecule has 4 aromatic rings. The van der Waals surface area contributed by atoms with Crippen molar-refractivity contribution in [1.29, 1.82) is 0 Å². The van der Waals surface area contributed by atoms with Crippen molar-refractivity contribution >= 4 is 27.8 Å². The Labute approximate surface area is 127 Å². The molecule has 2 aromatic heterocycles. The third kappa shape index (κ3) is 1.50. The zero-order valence-corrected chi connectivity index (χ0v) is 9.57. The van der Waals surface area contributed by atoms with E-state index in [0.717, 1.165) is 22.3 Å². The van der Waals surface area contributed by atoms with E-state index in [1.807, 2.05) is 30.3 Å². The van der Waals surface area contributed by atoms with E-state index < -0.39 is 0 Å². The minimum absolute atomic E-state index is 0. The van der Waals surface area contributed by atoms with E-state index in [4.69, 9.17) is 0 Å². The van der Waals surface area contributed by atoms with Gasteiger partial charge in [0.25, 0.3) is 0 Å². The van der Waals surface area contributed by atoms with Crippen molar-refractivity contribution in [2.24, 2.45) is 0 Å².